The predicted octanol–water partition coefficient (Wildman–Crippen LogP) is 0.515. The quantitative estimate of drug-likeness (QED) is 0.636. The average Bonchev–Trinajstić information content (AvgIpc) is 1.85. The molecule has 0 atom stereocenters. The van der Waals surface area contributed by atoms with E-state index in [1.54, 1.807) is 0 Å². The molecule has 0 saturated heterocycles. The Morgan fingerprint density at radius 1 is 1.64 bits per heavy atom. The Labute approximate surface area is 68.6 Å². The molecule has 0 unspecified atom stereocenters. The minimum atomic E-state index is 0.185. The first-order chi connectivity index (χ1) is 5.22. The van der Waals surface area contributed by atoms with Crippen LogP contribution in [0.2, 0.25) is 0 Å². The van der Waals surface area contributed by atoms with E-state index >= 15 is 0 Å². The van der Waals surface area contributed by atoms with Crippen molar-refractivity contribution in [3.63, 3.8) is 0 Å². The molecule has 6 heteroatoms. The lowest BCUT2D eigenvalue weighted by atomic mass is 10.8. The van der Waals surface area contributed by atoms with Gasteiger partial charge < -0.3 is 10.5 Å². The van der Waals surface area contributed by atoms with Crippen molar-refractivity contribution < 1.29 is 4.74 Å². The van der Waals surface area contributed by atoms with Crippen LogP contribution in [0.5, 0.6) is 6.01 Å². The number of H-pyrrole nitrogens is 1. The van der Waals surface area contributed by atoms with Gasteiger partial charge in [-0.25, -0.2) is 0 Å². The van der Waals surface area contributed by atoms with E-state index in [2.05, 4.69) is 15.0 Å². The Hall–Kier alpha value is -1.17. The van der Waals surface area contributed by atoms with Crippen LogP contribution >= 0.6 is 12.2 Å². The van der Waals surface area contributed by atoms with Gasteiger partial charge in [0, 0.05) is 0 Å². The summed E-state index contributed by atoms with van der Waals surface area (Å²) < 4.78 is 5.20. The van der Waals surface area contributed by atoms with E-state index in [9.17, 15) is 0 Å². The van der Waals surface area contributed by atoms with E-state index in [0.717, 1.165) is 0 Å². The monoisotopic (exact) mass is 172 g/mol. The van der Waals surface area contributed by atoms with Crippen molar-refractivity contribution >= 4 is 18.2 Å². The van der Waals surface area contributed by atoms with Crippen LogP contribution in [0.25, 0.3) is 0 Å². The molecule has 0 aromatic carbocycles. The fourth-order valence-electron chi connectivity index (χ4n) is 0.585. The maximum Gasteiger partial charge on any atom is 0.299 e. The fraction of sp³-hybridized carbons (Fsp3) is 0.400. The van der Waals surface area contributed by atoms with Crippen molar-refractivity contribution in [2.75, 3.05) is 12.3 Å². The normalized spacial score (nSPS) is 9.55. The highest BCUT2D eigenvalue weighted by Gasteiger charge is 1.95. The summed E-state index contributed by atoms with van der Waals surface area (Å²) >= 11 is 4.70. The number of nitrogens with two attached hydrogens (primary N) is 1. The minimum Gasteiger partial charge on any atom is -0.465 e. The second kappa shape index (κ2) is 3.29. The second-order valence-corrected chi connectivity index (χ2v) is 2.12. The number of nitrogen functional groups attached to an aromatic ring is 1. The van der Waals surface area contributed by atoms with E-state index in [4.69, 9.17) is 22.7 Å². The Kier molecular flexibility index (Phi) is 2.37. The van der Waals surface area contributed by atoms with Crippen LogP contribution in [0.15, 0.2) is 0 Å². The topological polar surface area (TPSA) is 76.8 Å². The summed E-state index contributed by atoms with van der Waals surface area (Å²) in [6.45, 7) is 2.36. The standard InChI is InChI=1S/C5H8N4OS/c1-2-10-4-7-3(6)8-5(11)9-4/h2H2,1H3,(H3,6,7,8,9,11). The number of ether oxygens (including phenoxy) is 1. The zero-order valence-corrected chi connectivity index (χ0v) is 6.81. The summed E-state index contributed by atoms with van der Waals surface area (Å²) in [5, 5.41) is 0. The van der Waals surface area contributed by atoms with Crippen LogP contribution in [0.4, 0.5) is 5.95 Å². The average molecular weight is 172 g/mol. The third-order valence-corrected chi connectivity index (χ3v) is 1.11. The first kappa shape index (κ1) is 7.93. The predicted molar refractivity (Wildman–Crippen MR) is 42.8 cm³/mol. The summed E-state index contributed by atoms with van der Waals surface area (Å²) in [5.74, 6) is 0.216. The molecule has 0 bridgehead atoms. The van der Waals surface area contributed by atoms with Crippen LogP contribution < -0.4 is 10.5 Å². The molecule has 1 aromatic heterocycles. The molecule has 1 heterocycles. The second-order valence-electron chi connectivity index (χ2n) is 1.75. The number of aromatic amines is 1. The van der Waals surface area contributed by atoms with Gasteiger partial charge in [-0.3, -0.25) is 4.98 Å². The van der Waals surface area contributed by atoms with E-state index in [1.165, 1.54) is 0 Å². The van der Waals surface area contributed by atoms with Crippen molar-refractivity contribution in [3.05, 3.63) is 4.77 Å². The van der Waals surface area contributed by atoms with E-state index < -0.39 is 0 Å². The molecule has 3 N–H and O–H groups in total. The molecule has 1 rings (SSSR count). The molecule has 0 aliphatic heterocycles. The number of rotatable bonds is 2. The smallest absolute Gasteiger partial charge is 0.299 e. The Morgan fingerprint density at radius 3 is 2.91 bits per heavy atom. The number of hydrogen-bond donors (Lipinski definition) is 2. The third-order valence-electron chi connectivity index (χ3n) is 0.929. The van der Waals surface area contributed by atoms with Gasteiger partial charge in [-0.05, 0) is 19.1 Å². The molecule has 0 spiro atoms. The van der Waals surface area contributed by atoms with E-state index in [-0.39, 0.29) is 10.7 Å². The highest BCUT2D eigenvalue weighted by Crippen LogP contribution is 2.01. The molecule has 0 aliphatic carbocycles. The molecule has 0 aliphatic rings. The van der Waals surface area contributed by atoms with Gasteiger partial charge in [-0.15, -0.1) is 0 Å². The van der Waals surface area contributed by atoms with Gasteiger partial charge >= 0.3 is 0 Å². The zero-order valence-electron chi connectivity index (χ0n) is 6.00. The molecule has 0 radical (unpaired) electrons. The molecule has 11 heavy (non-hydrogen) atoms. The summed E-state index contributed by atoms with van der Waals surface area (Å²) in [4.78, 5) is 10.0. The number of hydrogen-bond acceptors (Lipinski definition) is 5. The van der Waals surface area contributed by atoms with Gasteiger partial charge in [0.25, 0.3) is 6.01 Å². The Morgan fingerprint density at radius 2 is 2.36 bits per heavy atom. The third kappa shape index (κ3) is 2.15. The van der Waals surface area contributed by atoms with Gasteiger partial charge in [0.05, 0.1) is 6.61 Å². The Balaban J connectivity index is 2.99. The van der Waals surface area contributed by atoms with Crippen LogP contribution in [-0.2, 0) is 0 Å². The lowest BCUT2D eigenvalue weighted by Crippen LogP contribution is -2.02. The zero-order chi connectivity index (χ0) is 8.27. The highest BCUT2D eigenvalue weighted by atomic mass is 32.1. The summed E-state index contributed by atoms with van der Waals surface area (Å²) in [6, 6.07) is 0.310. The van der Waals surface area contributed by atoms with Gasteiger partial charge in [-0.1, -0.05) is 0 Å². The first-order valence-corrected chi connectivity index (χ1v) is 3.50. The van der Waals surface area contributed by atoms with Gasteiger partial charge in [0.2, 0.25) is 10.7 Å². The van der Waals surface area contributed by atoms with Crippen LogP contribution in [0.3, 0.4) is 0 Å². The molecule has 1 aromatic rings. The molecule has 5 nitrogen and oxygen atoms in total. The summed E-state index contributed by atoms with van der Waals surface area (Å²) in [7, 11) is 0. The summed E-state index contributed by atoms with van der Waals surface area (Å²) in [5.41, 5.74) is 5.34. The maximum atomic E-state index is 5.34. The molecule has 0 fully saturated rings. The number of aromatic nitrogens is 3. The van der Waals surface area contributed by atoms with E-state index in [1.807, 2.05) is 6.92 Å². The van der Waals surface area contributed by atoms with Crippen molar-refractivity contribution in [2.45, 2.75) is 6.92 Å². The van der Waals surface area contributed by atoms with Crippen molar-refractivity contribution in [3.8, 4) is 6.01 Å². The molecule has 60 valence electrons. The number of nitrogens with one attached hydrogen (secondary N) is 1. The van der Waals surface area contributed by atoms with Gasteiger partial charge in [0.1, 0.15) is 0 Å². The van der Waals surface area contributed by atoms with Crippen LogP contribution in [0, 0.1) is 4.77 Å². The Bertz CT molecular complexity index is 297. The summed E-state index contributed by atoms with van der Waals surface area (Å²) in [6.07, 6.45) is 0. The minimum absolute atomic E-state index is 0.185. The van der Waals surface area contributed by atoms with Gasteiger partial charge in [-0.2, -0.15) is 9.97 Å². The molecule has 0 amide bonds. The fourth-order valence-corrected chi connectivity index (χ4v) is 0.767. The number of anilines is 1. The molecule has 0 saturated carbocycles. The van der Waals surface area contributed by atoms with Crippen molar-refractivity contribution in [1.82, 2.24) is 15.0 Å². The number of nitrogens with zero attached hydrogens (tertiary/aromatic N) is 2. The van der Waals surface area contributed by atoms with Crippen molar-refractivity contribution in [2.24, 2.45) is 0 Å². The lowest BCUT2D eigenvalue weighted by Gasteiger charge is -2.00. The van der Waals surface area contributed by atoms with Crippen molar-refractivity contribution in [1.29, 1.82) is 0 Å². The van der Waals surface area contributed by atoms with Crippen LogP contribution in [0.1, 0.15) is 6.92 Å². The maximum absolute atomic E-state index is 5.34. The SMILES string of the molecule is CCOc1nc(=S)nc(N)[nH]1. The van der Waals surface area contributed by atoms with E-state index in [0.29, 0.717) is 12.6 Å². The first-order valence-electron chi connectivity index (χ1n) is 3.09. The largest absolute Gasteiger partial charge is 0.465 e. The highest BCUT2D eigenvalue weighted by molar-refractivity contribution is 7.71. The molecular formula is C5H8N4OS. The molecular weight excluding hydrogens is 164 g/mol. The lowest BCUT2D eigenvalue weighted by molar-refractivity contribution is 0.311. The van der Waals surface area contributed by atoms with Gasteiger partial charge in [0.15, 0.2) is 0 Å². The van der Waals surface area contributed by atoms with Crippen LogP contribution in [-0.4, -0.2) is 21.6 Å².